The Hall–Kier alpha value is -3.82. The molecule has 0 atom stereocenters. The van der Waals surface area contributed by atoms with Crippen LogP contribution in [0.25, 0.3) is 0 Å². The van der Waals surface area contributed by atoms with Crippen molar-refractivity contribution in [2.24, 2.45) is 0 Å². The van der Waals surface area contributed by atoms with E-state index in [1.165, 1.54) is 48.8 Å². The maximum atomic E-state index is 12.7. The van der Waals surface area contributed by atoms with Crippen LogP contribution in [0.5, 0.6) is 11.8 Å². The third-order valence-electron chi connectivity index (χ3n) is 7.01. The van der Waals surface area contributed by atoms with Crippen molar-refractivity contribution in [2.75, 3.05) is 22.7 Å². The third-order valence-corrected chi connectivity index (χ3v) is 12.4. The Kier molecular flexibility index (Phi) is 15.5. The van der Waals surface area contributed by atoms with E-state index in [9.17, 15) is 16.8 Å². The number of benzene rings is 2. The second kappa shape index (κ2) is 20.0. The number of nitrogens with zero attached hydrogens (tertiary/aromatic N) is 7. The molecule has 4 aromatic heterocycles. The average molecular weight is 1010 g/mol. The number of hydrogen-bond donors (Lipinski definition) is 2. The van der Waals surface area contributed by atoms with Crippen molar-refractivity contribution < 1.29 is 26.3 Å². The topological polar surface area (TPSA) is 193 Å². The molecule has 0 aliphatic rings. The van der Waals surface area contributed by atoms with Crippen LogP contribution >= 0.6 is 78.3 Å². The second-order valence-electron chi connectivity index (χ2n) is 11.0. The molecule has 0 aliphatic carbocycles. The first-order valence-electron chi connectivity index (χ1n) is 15.8. The van der Waals surface area contributed by atoms with Crippen LogP contribution in [0, 0.1) is 0 Å². The van der Waals surface area contributed by atoms with Crippen LogP contribution in [-0.4, -0.2) is 64.5 Å². The molecule has 2 aromatic carbocycles. The highest BCUT2D eigenvalue weighted by Crippen LogP contribution is 2.33. The van der Waals surface area contributed by atoms with Crippen molar-refractivity contribution in [2.45, 2.75) is 29.2 Å². The molecule has 23 heteroatoms. The van der Waals surface area contributed by atoms with Crippen molar-refractivity contribution in [3.63, 3.8) is 0 Å². The van der Waals surface area contributed by atoms with Crippen LogP contribution in [0.3, 0.4) is 0 Å². The predicted octanol–water partition coefficient (Wildman–Crippen LogP) is 8.38. The number of halogens is 6. The zero-order chi connectivity index (χ0) is 40.3. The minimum atomic E-state index is -4.05. The third kappa shape index (κ3) is 12.1. The predicted molar refractivity (Wildman–Crippen MR) is 220 cm³/mol. The smallest absolute Gasteiger partial charge is 0.264 e. The summed E-state index contributed by atoms with van der Waals surface area (Å²) in [5.41, 5.74) is 1.08. The fraction of sp³-hybridized carbons (Fsp3) is 0.152. The summed E-state index contributed by atoms with van der Waals surface area (Å²) < 4.78 is 69.4. The van der Waals surface area contributed by atoms with E-state index in [0.717, 1.165) is 12.0 Å². The zero-order valence-electron chi connectivity index (χ0n) is 28.4. The van der Waals surface area contributed by atoms with Gasteiger partial charge in [-0.2, -0.15) is 0 Å². The number of imidazole rings is 1. The van der Waals surface area contributed by atoms with Crippen LogP contribution in [0.1, 0.15) is 12.0 Å². The Morgan fingerprint density at radius 3 is 1.73 bits per heavy atom. The lowest BCUT2D eigenvalue weighted by molar-refractivity contribution is 0.287. The Bertz CT molecular complexity index is 2490. The quantitative estimate of drug-likeness (QED) is 0.0936. The van der Waals surface area contributed by atoms with E-state index in [-0.39, 0.29) is 59.9 Å². The molecule has 0 unspecified atom stereocenters. The first-order chi connectivity index (χ1) is 26.7. The molecular formula is C33H27Br2Cl4N9O6S2. The number of hydrogen-bond acceptors (Lipinski definition) is 12. The van der Waals surface area contributed by atoms with Gasteiger partial charge in [-0.1, -0.05) is 64.6 Å². The summed E-state index contributed by atoms with van der Waals surface area (Å²) in [6.45, 7) is 1.04. The van der Waals surface area contributed by atoms with E-state index in [1.54, 1.807) is 35.7 Å². The maximum absolute atomic E-state index is 12.7. The number of anilines is 2. The summed E-state index contributed by atoms with van der Waals surface area (Å²) in [5, 5.41) is 0.0894. The van der Waals surface area contributed by atoms with Crippen molar-refractivity contribution in [1.29, 1.82) is 0 Å². The van der Waals surface area contributed by atoms with Crippen LogP contribution in [0.2, 0.25) is 20.1 Å². The minimum absolute atomic E-state index is 0.0196. The Balaban J connectivity index is 0.000000215. The van der Waals surface area contributed by atoms with Gasteiger partial charge in [-0.15, -0.1) is 0 Å². The highest BCUT2D eigenvalue weighted by atomic mass is 79.9. The van der Waals surface area contributed by atoms with Gasteiger partial charge in [0.05, 0.1) is 52.0 Å². The first kappa shape index (κ1) is 43.3. The molecule has 0 saturated heterocycles. The summed E-state index contributed by atoms with van der Waals surface area (Å²) >= 11 is 30.3. The minimum Gasteiger partial charge on any atom is -0.475 e. The molecule has 0 radical (unpaired) electrons. The lowest BCUT2D eigenvalue weighted by atomic mass is 10.2. The van der Waals surface area contributed by atoms with Gasteiger partial charge in [-0.05, 0) is 80.6 Å². The SMILES string of the molecule is O=S(=O)(Nc1ncc(Br)nc1OCCCc1cccnc1)c1cccc(Cl)c1Cl.O=S(=O)(Nc1ncc(Br)nc1OCCn1ccnc1)c1cccc(Cl)c1Cl. The number of rotatable bonds is 15. The Morgan fingerprint density at radius 2 is 1.23 bits per heavy atom. The molecule has 0 aliphatic heterocycles. The molecule has 0 bridgehead atoms. The Labute approximate surface area is 358 Å². The van der Waals surface area contributed by atoms with Crippen molar-refractivity contribution in [1.82, 2.24) is 34.5 Å². The number of sulfonamides is 2. The number of nitrogens with one attached hydrogen (secondary N) is 2. The largest absolute Gasteiger partial charge is 0.475 e. The van der Waals surface area contributed by atoms with E-state index in [1.807, 2.05) is 12.1 Å². The maximum Gasteiger partial charge on any atom is 0.264 e. The van der Waals surface area contributed by atoms with Gasteiger partial charge in [0.2, 0.25) is 11.6 Å². The van der Waals surface area contributed by atoms with Gasteiger partial charge in [0.1, 0.15) is 25.6 Å². The van der Waals surface area contributed by atoms with E-state index in [2.05, 4.69) is 71.2 Å². The van der Waals surface area contributed by atoms with Gasteiger partial charge >= 0.3 is 0 Å². The highest BCUT2D eigenvalue weighted by molar-refractivity contribution is 9.10. The highest BCUT2D eigenvalue weighted by Gasteiger charge is 2.24. The molecule has 294 valence electrons. The summed E-state index contributed by atoms with van der Waals surface area (Å²) in [6.07, 6.45) is 12.7. The zero-order valence-corrected chi connectivity index (χ0v) is 36.2. The van der Waals surface area contributed by atoms with Crippen LogP contribution < -0.4 is 18.9 Å². The molecule has 6 aromatic rings. The summed E-state index contributed by atoms with van der Waals surface area (Å²) in [4.78, 5) is 24.1. The van der Waals surface area contributed by atoms with Crippen molar-refractivity contribution in [3.05, 3.63) is 127 Å². The van der Waals surface area contributed by atoms with Gasteiger partial charge in [-0.3, -0.25) is 14.4 Å². The summed E-state index contributed by atoms with van der Waals surface area (Å²) in [7, 11) is -8.10. The van der Waals surface area contributed by atoms with Gasteiger partial charge in [0.25, 0.3) is 31.8 Å². The van der Waals surface area contributed by atoms with Crippen molar-refractivity contribution in [3.8, 4) is 11.8 Å². The molecule has 0 fully saturated rings. The van der Waals surface area contributed by atoms with E-state index in [0.29, 0.717) is 28.8 Å². The molecule has 0 saturated carbocycles. The number of aryl methyl sites for hydroxylation is 1. The Morgan fingerprint density at radius 1 is 0.679 bits per heavy atom. The second-order valence-corrected chi connectivity index (χ2v) is 17.5. The van der Waals surface area contributed by atoms with Crippen LogP contribution in [0.4, 0.5) is 11.6 Å². The summed E-state index contributed by atoms with van der Waals surface area (Å²) in [6, 6.07) is 12.5. The number of ether oxygens (including phenoxy) is 2. The fourth-order valence-corrected chi connectivity index (χ4v) is 8.52. The molecule has 0 amide bonds. The van der Waals surface area contributed by atoms with Gasteiger partial charge in [0, 0.05) is 24.8 Å². The molecule has 0 spiro atoms. The first-order valence-corrected chi connectivity index (χ1v) is 21.9. The van der Waals surface area contributed by atoms with Gasteiger partial charge < -0.3 is 14.0 Å². The lowest BCUT2D eigenvalue weighted by Crippen LogP contribution is -2.17. The van der Waals surface area contributed by atoms with Gasteiger partial charge in [0.15, 0.2) is 0 Å². The van der Waals surface area contributed by atoms with Gasteiger partial charge in [-0.25, -0.2) is 41.8 Å². The van der Waals surface area contributed by atoms with Crippen LogP contribution in [0.15, 0.2) is 111 Å². The summed E-state index contributed by atoms with van der Waals surface area (Å²) in [5.74, 6) is -0.0519. The number of pyridine rings is 1. The van der Waals surface area contributed by atoms with E-state index >= 15 is 0 Å². The fourth-order valence-electron chi connectivity index (χ4n) is 4.45. The standard InChI is InChI=1S/C18H15BrCl2N4O3S.C15H12BrCl2N5O3S/c19-15-11-23-17(25-29(26,27)14-7-1-6-13(20)16(14)21)18(24-15)28-9-3-5-12-4-2-8-22-10-12;16-12-8-20-14(15(21-12)26-7-6-23-5-4-19-9-23)22-27(24,25)11-3-1-2-10(17)13(11)18/h1-2,4,6-8,10-11H,3,5,9H2,(H,23,25);1-5,8-9H,6-7H2,(H,20,22). The molecule has 6 rings (SSSR count). The average Bonchev–Trinajstić information content (AvgIpc) is 3.69. The monoisotopic (exact) mass is 1010 g/mol. The normalized spacial score (nSPS) is 11.3. The van der Waals surface area contributed by atoms with E-state index in [4.69, 9.17) is 55.9 Å². The molecule has 15 nitrogen and oxygen atoms in total. The molecule has 2 N–H and O–H groups in total. The number of aromatic nitrogens is 7. The molecular weight excluding hydrogens is 984 g/mol. The molecule has 56 heavy (non-hydrogen) atoms. The van der Waals surface area contributed by atoms with Crippen molar-refractivity contribution >= 4 is 110 Å². The lowest BCUT2D eigenvalue weighted by Gasteiger charge is -2.13. The van der Waals surface area contributed by atoms with E-state index < -0.39 is 20.0 Å². The van der Waals surface area contributed by atoms with Crippen LogP contribution in [-0.2, 0) is 33.0 Å². The molecule has 4 heterocycles.